The molecule has 0 saturated heterocycles. The number of carbonyl (C=O) groups excluding carboxylic acids is 2. The van der Waals surface area contributed by atoms with Crippen molar-refractivity contribution in [3.63, 3.8) is 0 Å². The Morgan fingerprint density at radius 1 is 1.03 bits per heavy atom. The van der Waals surface area contributed by atoms with E-state index in [0.29, 0.717) is 22.0 Å². The van der Waals surface area contributed by atoms with Gasteiger partial charge in [0.1, 0.15) is 23.2 Å². The van der Waals surface area contributed by atoms with Crippen molar-refractivity contribution >= 4 is 40.9 Å². The minimum Gasteiger partial charge on any atom is -0.484 e. The average Bonchev–Trinajstić information content (AvgIpc) is 2.78. The molecule has 0 aliphatic heterocycles. The molecule has 0 bridgehead atoms. The molecule has 0 saturated carbocycles. The van der Waals surface area contributed by atoms with E-state index in [0.717, 1.165) is 0 Å². The van der Waals surface area contributed by atoms with Gasteiger partial charge in [-0.2, -0.15) is 5.26 Å². The van der Waals surface area contributed by atoms with E-state index < -0.39 is 17.6 Å². The summed E-state index contributed by atoms with van der Waals surface area (Å²) in [5.74, 6) is -1.33. The Labute approximate surface area is 188 Å². The number of benzene rings is 3. The third kappa shape index (κ3) is 6.42. The molecule has 32 heavy (non-hydrogen) atoms. The van der Waals surface area contributed by atoms with Gasteiger partial charge in [0.25, 0.3) is 11.8 Å². The highest BCUT2D eigenvalue weighted by Crippen LogP contribution is 2.19. The van der Waals surface area contributed by atoms with Crippen LogP contribution in [0, 0.1) is 17.1 Å². The molecular formula is C24H17ClFN3O3. The highest BCUT2D eigenvalue weighted by atomic mass is 35.5. The van der Waals surface area contributed by atoms with E-state index in [9.17, 15) is 19.2 Å². The molecule has 6 nitrogen and oxygen atoms in total. The van der Waals surface area contributed by atoms with Gasteiger partial charge >= 0.3 is 0 Å². The molecule has 0 spiro atoms. The summed E-state index contributed by atoms with van der Waals surface area (Å²) >= 11 is 5.90. The van der Waals surface area contributed by atoms with E-state index in [4.69, 9.17) is 16.3 Å². The molecule has 8 heteroatoms. The van der Waals surface area contributed by atoms with Gasteiger partial charge in [0.15, 0.2) is 6.61 Å². The van der Waals surface area contributed by atoms with Crippen molar-refractivity contribution in [2.75, 3.05) is 17.2 Å². The highest BCUT2D eigenvalue weighted by molar-refractivity contribution is 6.31. The van der Waals surface area contributed by atoms with Crippen molar-refractivity contribution in [2.45, 2.75) is 0 Å². The molecule has 0 fully saturated rings. The van der Waals surface area contributed by atoms with Crippen LogP contribution < -0.4 is 15.4 Å². The molecule has 0 heterocycles. The van der Waals surface area contributed by atoms with Gasteiger partial charge in [-0.05, 0) is 54.1 Å². The summed E-state index contributed by atoms with van der Waals surface area (Å²) in [6, 6.07) is 20.7. The van der Waals surface area contributed by atoms with Crippen molar-refractivity contribution < 1.29 is 18.7 Å². The first-order valence-electron chi connectivity index (χ1n) is 9.40. The third-order valence-corrected chi connectivity index (χ3v) is 4.37. The van der Waals surface area contributed by atoms with Gasteiger partial charge in [0, 0.05) is 10.7 Å². The fourth-order valence-corrected chi connectivity index (χ4v) is 2.86. The lowest BCUT2D eigenvalue weighted by Crippen LogP contribution is -2.20. The number of carbonyl (C=O) groups is 2. The van der Waals surface area contributed by atoms with Crippen molar-refractivity contribution in [3.8, 4) is 11.8 Å². The second kappa shape index (κ2) is 10.8. The van der Waals surface area contributed by atoms with Gasteiger partial charge < -0.3 is 15.4 Å². The van der Waals surface area contributed by atoms with Crippen LogP contribution in [-0.2, 0) is 9.59 Å². The largest absolute Gasteiger partial charge is 0.484 e. The predicted octanol–water partition coefficient (Wildman–Crippen LogP) is 5.04. The predicted molar refractivity (Wildman–Crippen MR) is 121 cm³/mol. The topological polar surface area (TPSA) is 91.2 Å². The van der Waals surface area contributed by atoms with Crippen LogP contribution in [0.5, 0.6) is 5.75 Å². The van der Waals surface area contributed by atoms with Gasteiger partial charge in [-0.3, -0.25) is 9.59 Å². The number of para-hydroxylation sites is 1. The van der Waals surface area contributed by atoms with E-state index in [1.54, 1.807) is 54.6 Å². The normalized spacial score (nSPS) is 10.7. The first kappa shape index (κ1) is 22.5. The van der Waals surface area contributed by atoms with Crippen molar-refractivity contribution in [1.29, 1.82) is 5.26 Å². The van der Waals surface area contributed by atoms with Crippen LogP contribution in [0.25, 0.3) is 6.08 Å². The fourth-order valence-electron chi connectivity index (χ4n) is 2.67. The maximum absolute atomic E-state index is 13.6. The van der Waals surface area contributed by atoms with Crippen molar-refractivity contribution in [3.05, 3.63) is 94.8 Å². The molecule has 160 valence electrons. The Morgan fingerprint density at radius 3 is 2.56 bits per heavy atom. The summed E-state index contributed by atoms with van der Waals surface area (Å²) in [4.78, 5) is 24.4. The minimum atomic E-state index is -0.592. The van der Waals surface area contributed by atoms with Crippen LogP contribution in [0.1, 0.15) is 5.56 Å². The quantitative estimate of drug-likeness (QED) is 0.390. The number of hydrogen-bond acceptors (Lipinski definition) is 4. The number of nitrogens with one attached hydrogen (secondary N) is 2. The van der Waals surface area contributed by atoms with Gasteiger partial charge in [-0.1, -0.05) is 41.9 Å². The third-order valence-electron chi connectivity index (χ3n) is 4.13. The van der Waals surface area contributed by atoms with Gasteiger partial charge in [-0.25, -0.2) is 4.39 Å². The van der Waals surface area contributed by atoms with Crippen LogP contribution in [0.2, 0.25) is 5.02 Å². The van der Waals surface area contributed by atoms with E-state index in [2.05, 4.69) is 10.6 Å². The van der Waals surface area contributed by atoms with Gasteiger partial charge in [-0.15, -0.1) is 0 Å². The zero-order chi connectivity index (χ0) is 22.9. The second-order valence-corrected chi connectivity index (χ2v) is 6.96. The fraction of sp³-hybridized carbons (Fsp3) is 0.0417. The average molecular weight is 450 g/mol. The summed E-state index contributed by atoms with van der Waals surface area (Å²) in [6.45, 7) is -0.345. The van der Waals surface area contributed by atoms with Crippen molar-refractivity contribution in [2.24, 2.45) is 0 Å². The SMILES string of the molecule is N#CC(=Cc1cccc(OCC(=O)Nc2ccccc2F)c1)C(=O)Nc1cccc(Cl)c1. The van der Waals surface area contributed by atoms with Gasteiger partial charge in [0.2, 0.25) is 0 Å². The highest BCUT2D eigenvalue weighted by Gasteiger charge is 2.11. The lowest BCUT2D eigenvalue weighted by Gasteiger charge is -2.09. The number of ether oxygens (including phenoxy) is 1. The monoisotopic (exact) mass is 449 g/mol. The zero-order valence-electron chi connectivity index (χ0n) is 16.6. The van der Waals surface area contributed by atoms with E-state index in [-0.39, 0.29) is 17.9 Å². The summed E-state index contributed by atoms with van der Waals surface area (Å²) in [7, 11) is 0. The first-order valence-corrected chi connectivity index (χ1v) is 9.78. The molecule has 0 aromatic heterocycles. The molecule has 0 radical (unpaired) electrons. The van der Waals surface area contributed by atoms with E-state index >= 15 is 0 Å². The second-order valence-electron chi connectivity index (χ2n) is 6.52. The van der Waals surface area contributed by atoms with Crippen LogP contribution in [0.4, 0.5) is 15.8 Å². The summed E-state index contributed by atoms with van der Waals surface area (Å²) < 4.78 is 19.1. The molecule has 3 rings (SSSR count). The molecule has 2 amide bonds. The van der Waals surface area contributed by atoms with E-state index in [1.807, 2.05) is 6.07 Å². The Morgan fingerprint density at radius 2 is 1.81 bits per heavy atom. The zero-order valence-corrected chi connectivity index (χ0v) is 17.4. The standard InChI is InChI=1S/C24H17ClFN3O3/c25-18-6-4-7-19(13-18)28-24(31)17(14-27)11-16-5-3-8-20(12-16)32-15-23(30)29-22-10-2-1-9-21(22)26/h1-13H,15H2,(H,28,31)(H,29,30). The Hall–Kier alpha value is -4.15. The Kier molecular flexibility index (Phi) is 7.57. The number of amides is 2. The summed E-state index contributed by atoms with van der Waals surface area (Å²) in [6.07, 6.45) is 1.39. The Balaban J connectivity index is 1.64. The lowest BCUT2D eigenvalue weighted by molar-refractivity contribution is -0.118. The Bertz CT molecular complexity index is 1220. The minimum absolute atomic E-state index is 0.0576. The molecule has 2 N–H and O–H groups in total. The smallest absolute Gasteiger partial charge is 0.266 e. The van der Waals surface area contributed by atoms with Crippen molar-refractivity contribution in [1.82, 2.24) is 0 Å². The number of hydrogen-bond donors (Lipinski definition) is 2. The maximum Gasteiger partial charge on any atom is 0.266 e. The molecule has 3 aromatic rings. The molecule has 0 aliphatic carbocycles. The van der Waals surface area contributed by atoms with Crippen LogP contribution in [-0.4, -0.2) is 18.4 Å². The van der Waals surface area contributed by atoms with Crippen LogP contribution in [0.15, 0.2) is 78.4 Å². The maximum atomic E-state index is 13.6. The van der Waals surface area contributed by atoms with E-state index in [1.165, 1.54) is 24.3 Å². The first-order chi connectivity index (χ1) is 15.4. The summed E-state index contributed by atoms with van der Waals surface area (Å²) in [5, 5.41) is 14.9. The molecule has 0 aliphatic rings. The molecule has 3 aromatic carbocycles. The molecular weight excluding hydrogens is 433 g/mol. The van der Waals surface area contributed by atoms with Crippen LogP contribution in [0.3, 0.4) is 0 Å². The number of nitrogens with zero attached hydrogens (tertiary/aromatic N) is 1. The van der Waals surface area contributed by atoms with Gasteiger partial charge in [0.05, 0.1) is 5.69 Å². The van der Waals surface area contributed by atoms with Crippen LogP contribution >= 0.6 is 11.6 Å². The summed E-state index contributed by atoms with van der Waals surface area (Å²) in [5.41, 5.74) is 0.915. The number of halogens is 2. The molecule has 0 unspecified atom stereocenters. The molecule has 0 atom stereocenters. The number of nitriles is 1. The number of anilines is 2. The lowest BCUT2D eigenvalue weighted by atomic mass is 10.1. The number of rotatable bonds is 7.